The number of hydrogen-bond donors (Lipinski definition) is 2. The average molecular weight is 343 g/mol. The van der Waals surface area contributed by atoms with Crippen LogP contribution in [0.2, 0.25) is 5.02 Å². The fourth-order valence-corrected chi connectivity index (χ4v) is 2.15. The van der Waals surface area contributed by atoms with Crippen LogP contribution in [0.1, 0.15) is 18.5 Å². The molecule has 2 N–H and O–H groups in total. The first-order chi connectivity index (χ1) is 10.9. The van der Waals surface area contributed by atoms with Crippen molar-refractivity contribution in [1.82, 2.24) is 5.32 Å². The maximum atomic E-state index is 13.6. The highest BCUT2D eigenvalue weighted by Crippen LogP contribution is 2.19. The predicted octanol–water partition coefficient (Wildman–Crippen LogP) is 4.05. The first-order valence-corrected chi connectivity index (χ1v) is 7.18. The van der Waals surface area contributed by atoms with Gasteiger partial charge in [0.05, 0.1) is 12.2 Å². The van der Waals surface area contributed by atoms with Gasteiger partial charge in [-0.15, -0.1) is 0 Å². The minimum Gasteiger partial charge on any atom is -0.322 e. The van der Waals surface area contributed by atoms with Crippen molar-refractivity contribution in [1.29, 1.82) is 0 Å². The molecule has 2 aromatic rings. The standard InChI is InChI=1S/C16H14ClF3N2O/c1-9(12-4-3-11(18)7-13(12)19)21-8-16(23)22-15-5-2-10(17)6-14(15)20/h2-7,9,21H,8H2,1H3,(H,22,23)/t9-/m0/s1. The van der Waals surface area contributed by atoms with Crippen LogP contribution in [0.25, 0.3) is 0 Å². The van der Waals surface area contributed by atoms with Crippen molar-refractivity contribution in [2.45, 2.75) is 13.0 Å². The van der Waals surface area contributed by atoms with E-state index in [9.17, 15) is 18.0 Å². The van der Waals surface area contributed by atoms with E-state index in [0.29, 0.717) is 0 Å². The largest absolute Gasteiger partial charge is 0.322 e. The van der Waals surface area contributed by atoms with Gasteiger partial charge in [0.2, 0.25) is 5.91 Å². The lowest BCUT2D eigenvalue weighted by atomic mass is 10.1. The molecule has 7 heteroatoms. The van der Waals surface area contributed by atoms with Gasteiger partial charge in [-0.3, -0.25) is 4.79 Å². The Morgan fingerprint density at radius 1 is 1.13 bits per heavy atom. The van der Waals surface area contributed by atoms with Gasteiger partial charge < -0.3 is 10.6 Å². The molecule has 3 nitrogen and oxygen atoms in total. The molecule has 0 aliphatic rings. The maximum absolute atomic E-state index is 13.6. The lowest BCUT2D eigenvalue weighted by molar-refractivity contribution is -0.115. The van der Waals surface area contributed by atoms with Crippen LogP contribution in [0.15, 0.2) is 36.4 Å². The number of rotatable bonds is 5. The van der Waals surface area contributed by atoms with E-state index >= 15 is 0 Å². The minimum absolute atomic E-state index is 0.00168. The molecular formula is C16H14ClF3N2O. The van der Waals surface area contributed by atoms with Crippen LogP contribution < -0.4 is 10.6 Å². The van der Waals surface area contributed by atoms with E-state index in [1.807, 2.05) is 0 Å². The summed E-state index contributed by atoms with van der Waals surface area (Å²) in [6.07, 6.45) is 0. The highest BCUT2D eigenvalue weighted by molar-refractivity contribution is 6.30. The summed E-state index contributed by atoms with van der Waals surface area (Å²) in [4.78, 5) is 11.8. The molecule has 122 valence electrons. The van der Waals surface area contributed by atoms with Crippen molar-refractivity contribution in [2.75, 3.05) is 11.9 Å². The summed E-state index contributed by atoms with van der Waals surface area (Å²) in [5.41, 5.74) is 0.235. The topological polar surface area (TPSA) is 41.1 Å². The first-order valence-electron chi connectivity index (χ1n) is 6.80. The van der Waals surface area contributed by atoms with Crippen molar-refractivity contribution in [2.24, 2.45) is 0 Å². The molecule has 0 aromatic heterocycles. The molecule has 0 unspecified atom stereocenters. The number of benzene rings is 2. The van der Waals surface area contributed by atoms with E-state index in [4.69, 9.17) is 11.6 Å². The van der Waals surface area contributed by atoms with Gasteiger partial charge in [-0.25, -0.2) is 13.2 Å². The summed E-state index contributed by atoms with van der Waals surface area (Å²) in [5.74, 6) is -2.52. The average Bonchev–Trinajstić information content (AvgIpc) is 2.48. The third-order valence-electron chi connectivity index (χ3n) is 3.20. The van der Waals surface area contributed by atoms with Gasteiger partial charge in [0, 0.05) is 22.7 Å². The van der Waals surface area contributed by atoms with Crippen LogP contribution in [-0.4, -0.2) is 12.5 Å². The van der Waals surface area contributed by atoms with Crippen LogP contribution in [-0.2, 0) is 4.79 Å². The summed E-state index contributed by atoms with van der Waals surface area (Å²) < 4.78 is 40.0. The molecule has 0 aliphatic carbocycles. The van der Waals surface area contributed by atoms with Crippen LogP contribution in [0.5, 0.6) is 0 Å². The second-order valence-corrected chi connectivity index (χ2v) is 5.38. The lowest BCUT2D eigenvalue weighted by Crippen LogP contribution is -2.30. The fourth-order valence-electron chi connectivity index (χ4n) is 1.99. The van der Waals surface area contributed by atoms with Crippen molar-refractivity contribution in [3.63, 3.8) is 0 Å². The Hall–Kier alpha value is -2.05. The van der Waals surface area contributed by atoms with Gasteiger partial charge in [0.1, 0.15) is 17.5 Å². The molecule has 0 aliphatic heterocycles. The number of hydrogen-bond acceptors (Lipinski definition) is 2. The van der Waals surface area contributed by atoms with Gasteiger partial charge in [-0.2, -0.15) is 0 Å². The minimum atomic E-state index is -0.700. The van der Waals surface area contributed by atoms with E-state index < -0.39 is 29.4 Å². The molecule has 0 heterocycles. The Morgan fingerprint density at radius 3 is 2.52 bits per heavy atom. The van der Waals surface area contributed by atoms with Crippen LogP contribution >= 0.6 is 11.6 Å². The molecule has 23 heavy (non-hydrogen) atoms. The molecule has 0 fully saturated rings. The number of anilines is 1. The van der Waals surface area contributed by atoms with E-state index in [2.05, 4.69) is 10.6 Å². The molecule has 0 bridgehead atoms. The van der Waals surface area contributed by atoms with Crippen LogP contribution in [0, 0.1) is 17.5 Å². The van der Waals surface area contributed by atoms with Gasteiger partial charge in [-0.05, 0) is 31.2 Å². The second-order valence-electron chi connectivity index (χ2n) is 4.94. The van der Waals surface area contributed by atoms with E-state index in [-0.39, 0.29) is 22.8 Å². The van der Waals surface area contributed by atoms with Crippen LogP contribution in [0.4, 0.5) is 18.9 Å². The third kappa shape index (κ3) is 4.71. The van der Waals surface area contributed by atoms with Crippen molar-refractivity contribution in [3.05, 3.63) is 64.4 Å². The zero-order valence-corrected chi connectivity index (χ0v) is 12.9. The van der Waals surface area contributed by atoms with Gasteiger partial charge >= 0.3 is 0 Å². The lowest BCUT2D eigenvalue weighted by Gasteiger charge is -2.15. The molecule has 2 rings (SSSR count). The highest BCUT2D eigenvalue weighted by atomic mass is 35.5. The highest BCUT2D eigenvalue weighted by Gasteiger charge is 2.13. The summed E-state index contributed by atoms with van der Waals surface area (Å²) in [6.45, 7) is 1.46. The maximum Gasteiger partial charge on any atom is 0.238 e. The molecule has 1 amide bonds. The predicted molar refractivity (Wildman–Crippen MR) is 82.8 cm³/mol. The quantitative estimate of drug-likeness (QED) is 0.860. The van der Waals surface area contributed by atoms with E-state index in [1.165, 1.54) is 18.2 Å². The number of nitrogens with one attached hydrogen (secondary N) is 2. The molecule has 0 saturated heterocycles. The smallest absolute Gasteiger partial charge is 0.238 e. The Kier molecular flexibility index (Phi) is 5.63. The number of amides is 1. The van der Waals surface area contributed by atoms with Gasteiger partial charge in [-0.1, -0.05) is 17.7 Å². The molecule has 0 saturated carbocycles. The van der Waals surface area contributed by atoms with Gasteiger partial charge in [0.15, 0.2) is 0 Å². The third-order valence-corrected chi connectivity index (χ3v) is 3.44. The summed E-state index contributed by atoms with van der Waals surface area (Å²) in [5, 5.41) is 5.39. The molecule has 0 radical (unpaired) electrons. The molecular weight excluding hydrogens is 329 g/mol. The van der Waals surface area contributed by atoms with Crippen molar-refractivity contribution in [3.8, 4) is 0 Å². The fraction of sp³-hybridized carbons (Fsp3) is 0.188. The zero-order chi connectivity index (χ0) is 17.0. The molecule has 0 spiro atoms. The molecule has 2 aromatic carbocycles. The Balaban J connectivity index is 1.93. The first kappa shape index (κ1) is 17.3. The monoisotopic (exact) mass is 342 g/mol. The summed E-state index contributed by atoms with van der Waals surface area (Å²) in [6, 6.07) is 6.58. The number of halogens is 4. The Labute approximate surface area is 136 Å². The summed E-state index contributed by atoms with van der Waals surface area (Å²) >= 11 is 5.62. The van der Waals surface area contributed by atoms with Crippen molar-refractivity contribution < 1.29 is 18.0 Å². The summed E-state index contributed by atoms with van der Waals surface area (Å²) in [7, 11) is 0. The van der Waals surface area contributed by atoms with Crippen molar-refractivity contribution >= 4 is 23.2 Å². The Morgan fingerprint density at radius 2 is 1.87 bits per heavy atom. The Bertz CT molecular complexity index is 724. The van der Waals surface area contributed by atoms with E-state index in [0.717, 1.165) is 18.2 Å². The normalized spacial score (nSPS) is 12.0. The van der Waals surface area contributed by atoms with Crippen LogP contribution in [0.3, 0.4) is 0 Å². The van der Waals surface area contributed by atoms with Gasteiger partial charge in [0.25, 0.3) is 0 Å². The number of carbonyl (C=O) groups is 1. The zero-order valence-electron chi connectivity index (χ0n) is 12.2. The SMILES string of the molecule is C[C@H](NCC(=O)Nc1ccc(Cl)cc1F)c1ccc(F)cc1F. The number of carbonyl (C=O) groups excluding carboxylic acids is 1. The van der Waals surface area contributed by atoms with E-state index in [1.54, 1.807) is 6.92 Å². The second kappa shape index (κ2) is 7.48. The molecule has 1 atom stereocenters.